The molecular weight excluding hydrogens is 362 g/mol. The lowest BCUT2D eigenvalue weighted by molar-refractivity contribution is -0.114. The molecule has 3 N–H and O–H groups in total. The van der Waals surface area contributed by atoms with Gasteiger partial charge >= 0.3 is 0 Å². The molecule has 0 spiro atoms. The molecule has 0 atom stereocenters. The van der Waals surface area contributed by atoms with E-state index in [1.807, 2.05) is 54.6 Å². The van der Waals surface area contributed by atoms with E-state index in [1.54, 1.807) is 24.3 Å². The lowest BCUT2D eigenvalue weighted by Crippen LogP contribution is -2.24. The highest BCUT2D eigenvalue weighted by molar-refractivity contribution is 6.10. The zero-order chi connectivity index (χ0) is 20.6. The molecule has 3 aromatic rings. The number of benzene rings is 3. The van der Waals surface area contributed by atoms with Crippen LogP contribution in [0.3, 0.4) is 0 Å². The lowest BCUT2D eigenvalue weighted by atomic mass is 10.0. The highest BCUT2D eigenvalue weighted by atomic mass is 16.2. The smallest absolute Gasteiger partial charge is 0.257 e. The van der Waals surface area contributed by atoms with E-state index in [0.29, 0.717) is 22.9 Å². The molecule has 2 amide bonds. The second-order valence-corrected chi connectivity index (χ2v) is 7.01. The largest absolute Gasteiger partial charge is 0.376 e. The molecule has 0 saturated carbocycles. The first kappa shape index (κ1) is 20.1. The predicted octanol–water partition coefficient (Wildman–Crippen LogP) is 5.11. The van der Waals surface area contributed by atoms with Crippen molar-refractivity contribution in [2.45, 2.75) is 19.8 Å². The van der Waals surface area contributed by atoms with Crippen LogP contribution in [0.4, 0.5) is 17.1 Å². The SMILES string of the molecule is CC(C)c1ccccc1NCC(=O)Nc1ccccc1C(=O)Nc1ccccc1. The van der Waals surface area contributed by atoms with Gasteiger partial charge in [-0.2, -0.15) is 0 Å². The summed E-state index contributed by atoms with van der Waals surface area (Å²) in [7, 11) is 0. The normalized spacial score (nSPS) is 10.4. The Bertz CT molecular complexity index is 984. The summed E-state index contributed by atoms with van der Waals surface area (Å²) >= 11 is 0. The summed E-state index contributed by atoms with van der Waals surface area (Å²) in [5.74, 6) is -0.141. The molecule has 0 aliphatic rings. The number of para-hydroxylation sites is 3. The van der Waals surface area contributed by atoms with E-state index in [4.69, 9.17) is 0 Å². The van der Waals surface area contributed by atoms with Crippen molar-refractivity contribution < 1.29 is 9.59 Å². The van der Waals surface area contributed by atoms with Gasteiger partial charge in [0.2, 0.25) is 5.91 Å². The molecule has 29 heavy (non-hydrogen) atoms. The molecule has 0 aliphatic heterocycles. The Balaban J connectivity index is 1.66. The summed E-state index contributed by atoms with van der Waals surface area (Å²) < 4.78 is 0. The summed E-state index contributed by atoms with van der Waals surface area (Å²) in [4.78, 5) is 25.1. The van der Waals surface area contributed by atoms with E-state index in [9.17, 15) is 9.59 Å². The molecule has 148 valence electrons. The lowest BCUT2D eigenvalue weighted by Gasteiger charge is -2.15. The molecular formula is C24H25N3O2. The third-order valence-electron chi connectivity index (χ3n) is 4.50. The average molecular weight is 387 g/mol. The molecule has 0 aromatic heterocycles. The van der Waals surface area contributed by atoms with Crippen molar-refractivity contribution in [3.63, 3.8) is 0 Å². The average Bonchev–Trinajstić information content (AvgIpc) is 2.73. The minimum atomic E-state index is -0.273. The monoisotopic (exact) mass is 387 g/mol. The number of anilines is 3. The predicted molar refractivity (Wildman–Crippen MR) is 118 cm³/mol. The van der Waals surface area contributed by atoms with Crippen LogP contribution in [0, 0.1) is 0 Å². The zero-order valence-corrected chi connectivity index (χ0v) is 16.6. The van der Waals surface area contributed by atoms with E-state index in [2.05, 4.69) is 29.8 Å². The van der Waals surface area contributed by atoms with Crippen LogP contribution in [0.25, 0.3) is 0 Å². The van der Waals surface area contributed by atoms with Crippen LogP contribution in [-0.4, -0.2) is 18.4 Å². The number of carbonyl (C=O) groups is 2. The van der Waals surface area contributed by atoms with Crippen molar-refractivity contribution in [3.05, 3.63) is 90.0 Å². The maximum atomic E-state index is 12.6. The van der Waals surface area contributed by atoms with E-state index < -0.39 is 0 Å². The standard InChI is InChI=1S/C24H25N3O2/c1-17(2)19-12-6-8-14-21(19)25-16-23(28)27-22-15-9-7-13-20(22)24(29)26-18-10-4-3-5-11-18/h3-15,17,25H,16H2,1-2H3,(H,26,29)(H,27,28). The van der Waals surface area contributed by atoms with Gasteiger partial charge in [-0.15, -0.1) is 0 Å². The van der Waals surface area contributed by atoms with Crippen molar-refractivity contribution in [1.82, 2.24) is 0 Å². The number of hydrogen-bond acceptors (Lipinski definition) is 3. The molecule has 0 saturated heterocycles. The molecule has 0 unspecified atom stereocenters. The number of hydrogen-bond donors (Lipinski definition) is 3. The van der Waals surface area contributed by atoms with Crippen molar-refractivity contribution >= 4 is 28.9 Å². The van der Waals surface area contributed by atoms with Gasteiger partial charge in [0.05, 0.1) is 17.8 Å². The molecule has 3 rings (SSSR count). The molecule has 0 heterocycles. The molecule has 0 fully saturated rings. The number of nitrogens with one attached hydrogen (secondary N) is 3. The van der Waals surface area contributed by atoms with Gasteiger partial charge in [0.25, 0.3) is 5.91 Å². The van der Waals surface area contributed by atoms with Gasteiger partial charge < -0.3 is 16.0 Å². The van der Waals surface area contributed by atoms with Gasteiger partial charge in [-0.3, -0.25) is 9.59 Å². The molecule has 0 bridgehead atoms. The highest BCUT2D eigenvalue weighted by Gasteiger charge is 2.14. The van der Waals surface area contributed by atoms with Crippen molar-refractivity contribution in [3.8, 4) is 0 Å². The maximum Gasteiger partial charge on any atom is 0.257 e. The molecule has 0 radical (unpaired) electrons. The van der Waals surface area contributed by atoms with Crippen LogP contribution in [0.1, 0.15) is 35.7 Å². The maximum absolute atomic E-state index is 12.6. The summed E-state index contributed by atoms with van der Waals surface area (Å²) in [6.07, 6.45) is 0. The summed E-state index contributed by atoms with van der Waals surface area (Å²) in [5.41, 5.74) is 3.68. The Hall–Kier alpha value is -3.60. The number of carbonyl (C=O) groups excluding carboxylic acids is 2. The third-order valence-corrected chi connectivity index (χ3v) is 4.50. The van der Waals surface area contributed by atoms with Crippen molar-refractivity contribution in [2.24, 2.45) is 0 Å². The molecule has 5 nitrogen and oxygen atoms in total. The zero-order valence-electron chi connectivity index (χ0n) is 16.6. The van der Waals surface area contributed by atoms with E-state index >= 15 is 0 Å². The van der Waals surface area contributed by atoms with E-state index in [1.165, 1.54) is 0 Å². The number of rotatable bonds is 7. The Morgan fingerprint density at radius 2 is 1.38 bits per heavy atom. The van der Waals surface area contributed by atoms with Crippen LogP contribution in [0.2, 0.25) is 0 Å². The van der Waals surface area contributed by atoms with Gasteiger partial charge in [-0.05, 0) is 41.8 Å². The molecule has 5 heteroatoms. The topological polar surface area (TPSA) is 70.2 Å². The minimum Gasteiger partial charge on any atom is -0.376 e. The second kappa shape index (κ2) is 9.55. The summed E-state index contributed by atoms with van der Waals surface area (Å²) in [6.45, 7) is 4.34. The Morgan fingerprint density at radius 1 is 0.759 bits per heavy atom. The first-order chi connectivity index (χ1) is 14.0. The first-order valence-electron chi connectivity index (χ1n) is 9.62. The summed E-state index contributed by atoms with van der Waals surface area (Å²) in [5, 5.41) is 8.87. The van der Waals surface area contributed by atoms with Crippen molar-refractivity contribution in [1.29, 1.82) is 0 Å². The third kappa shape index (κ3) is 5.45. The van der Waals surface area contributed by atoms with Crippen LogP contribution in [-0.2, 0) is 4.79 Å². The van der Waals surface area contributed by atoms with Crippen LogP contribution in [0.5, 0.6) is 0 Å². The fourth-order valence-corrected chi connectivity index (χ4v) is 3.04. The Kier molecular flexibility index (Phi) is 6.63. The highest BCUT2D eigenvalue weighted by Crippen LogP contribution is 2.23. The van der Waals surface area contributed by atoms with Crippen molar-refractivity contribution in [2.75, 3.05) is 22.5 Å². The second-order valence-electron chi connectivity index (χ2n) is 7.01. The quantitative estimate of drug-likeness (QED) is 0.527. The molecule has 3 aromatic carbocycles. The minimum absolute atomic E-state index is 0.109. The van der Waals surface area contributed by atoms with Crippen LogP contribution in [0.15, 0.2) is 78.9 Å². The van der Waals surface area contributed by atoms with Gasteiger partial charge in [-0.1, -0.05) is 62.4 Å². The van der Waals surface area contributed by atoms with Crippen LogP contribution >= 0.6 is 0 Å². The number of amides is 2. The van der Waals surface area contributed by atoms with Gasteiger partial charge in [-0.25, -0.2) is 0 Å². The van der Waals surface area contributed by atoms with E-state index in [-0.39, 0.29) is 18.4 Å². The van der Waals surface area contributed by atoms with E-state index in [0.717, 1.165) is 11.3 Å². The van der Waals surface area contributed by atoms with Gasteiger partial charge in [0.15, 0.2) is 0 Å². The van der Waals surface area contributed by atoms with Crippen LogP contribution < -0.4 is 16.0 Å². The van der Waals surface area contributed by atoms with Gasteiger partial charge in [0, 0.05) is 11.4 Å². The fourth-order valence-electron chi connectivity index (χ4n) is 3.04. The fraction of sp³-hybridized carbons (Fsp3) is 0.167. The first-order valence-corrected chi connectivity index (χ1v) is 9.62. The molecule has 0 aliphatic carbocycles. The Morgan fingerprint density at radius 3 is 2.10 bits per heavy atom. The van der Waals surface area contributed by atoms with Gasteiger partial charge in [0.1, 0.15) is 0 Å². The Labute approximate surface area is 171 Å². The summed E-state index contributed by atoms with van der Waals surface area (Å²) in [6, 6.07) is 24.1.